The van der Waals surface area contributed by atoms with E-state index in [4.69, 9.17) is 21.3 Å². The summed E-state index contributed by atoms with van der Waals surface area (Å²) < 4.78 is 6.31. The van der Waals surface area contributed by atoms with E-state index in [2.05, 4.69) is 54.5 Å². The van der Waals surface area contributed by atoms with E-state index in [1.54, 1.807) is 18.2 Å². The largest absolute Gasteiger partial charge is 0.542 e. The van der Waals surface area contributed by atoms with Crippen LogP contribution < -0.4 is 15.1 Å². The normalized spacial score (nSPS) is 11.4. The van der Waals surface area contributed by atoms with Crippen LogP contribution in [0.2, 0.25) is 23.2 Å². The smallest absolute Gasteiger partial charge is 0.324 e. The highest BCUT2D eigenvalue weighted by Crippen LogP contribution is 2.39. The fraction of sp³-hybridized carbons (Fsp3) is 0.333. The molecule has 2 amide bonds. The second-order valence-corrected chi connectivity index (χ2v) is 12.6. The minimum Gasteiger partial charge on any atom is -0.542 e. The summed E-state index contributed by atoms with van der Waals surface area (Å²) in [5, 5.41) is 14.5. The van der Waals surface area contributed by atoms with Gasteiger partial charge in [0.05, 0.1) is 18.1 Å². The number of carbonyl (C=O) groups is 1. The van der Waals surface area contributed by atoms with Crippen LogP contribution in [0.3, 0.4) is 0 Å². The standard InChI is InChI=1S/C18H22ClN5O2Si/c1-18(2,3)27(4,5)26-15-7-6-12(19)8-14(15)23-17(25)24-16-11-21-13(9-20)10-22-16/h6-8,10-11H,1-5H3,(H2,22,23,24,25). The van der Waals surface area contributed by atoms with E-state index < -0.39 is 14.3 Å². The third-order valence-electron chi connectivity index (χ3n) is 4.37. The van der Waals surface area contributed by atoms with Gasteiger partial charge < -0.3 is 9.74 Å². The van der Waals surface area contributed by atoms with Crippen LogP contribution in [0, 0.1) is 11.3 Å². The minimum absolute atomic E-state index is 0.00421. The summed E-state index contributed by atoms with van der Waals surface area (Å²) >= 11 is 6.09. The highest BCUT2D eigenvalue weighted by Gasteiger charge is 2.39. The highest BCUT2D eigenvalue weighted by molar-refractivity contribution is 6.74. The number of halogens is 1. The van der Waals surface area contributed by atoms with E-state index in [0.29, 0.717) is 16.5 Å². The number of carbonyl (C=O) groups excluding carboxylic acids is 1. The van der Waals surface area contributed by atoms with Crippen LogP contribution in [0.4, 0.5) is 16.3 Å². The Bertz CT molecular complexity index is 873. The Morgan fingerprint density at radius 1 is 1.22 bits per heavy atom. The lowest BCUT2D eigenvalue weighted by Gasteiger charge is -2.37. The van der Waals surface area contributed by atoms with Crippen molar-refractivity contribution in [2.45, 2.75) is 38.9 Å². The molecule has 142 valence electrons. The van der Waals surface area contributed by atoms with Crippen molar-refractivity contribution in [3.63, 3.8) is 0 Å². The Morgan fingerprint density at radius 3 is 2.48 bits per heavy atom. The van der Waals surface area contributed by atoms with Gasteiger partial charge in [-0.15, -0.1) is 0 Å². The van der Waals surface area contributed by atoms with Crippen molar-refractivity contribution in [2.24, 2.45) is 0 Å². The van der Waals surface area contributed by atoms with E-state index in [9.17, 15) is 4.79 Å². The molecule has 0 atom stereocenters. The van der Waals surface area contributed by atoms with Crippen molar-refractivity contribution in [3.05, 3.63) is 41.3 Å². The molecule has 0 bridgehead atoms. The summed E-state index contributed by atoms with van der Waals surface area (Å²) in [6, 6.07) is 6.45. The Morgan fingerprint density at radius 2 is 1.93 bits per heavy atom. The molecule has 0 aliphatic carbocycles. The van der Waals surface area contributed by atoms with Crippen molar-refractivity contribution in [1.82, 2.24) is 9.97 Å². The number of nitrogens with zero attached hydrogens (tertiary/aromatic N) is 3. The predicted octanol–water partition coefficient (Wildman–Crippen LogP) is 5.03. The third-order valence-corrected chi connectivity index (χ3v) is 8.95. The van der Waals surface area contributed by atoms with Gasteiger partial charge >= 0.3 is 6.03 Å². The minimum atomic E-state index is -2.10. The summed E-state index contributed by atoms with van der Waals surface area (Å²) in [5.74, 6) is 0.785. The van der Waals surface area contributed by atoms with Gasteiger partial charge in [-0.25, -0.2) is 14.8 Å². The molecule has 27 heavy (non-hydrogen) atoms. The van der Waals surface area contributed by atoms with Crippen molar-refractivity contribution in [1.29, 1.82) is 5.26 Å². The Kier molecular flexibility index (Phi) is 6.08. The lowest BCUT2D eigenvalue weighted by molar-refractivity contribution is 0.262. The van der Waals surface area contributed by atoms with E-state index in [1.165, 1.54) is 12.4 Å². The molecule has 2 N–H and O–H groups in total. The molecule has 7 nitrogen and oxygen atoms in total. The van der Waals surface area contributed by atoms with Crippen LogP contribution in [0.5, 0.6) is 5.75 Å². The van der Waals surface area contributed by atoms with Crippen molar-refractivity contribution in [2.75, 3.05) is 10.6 Å². The van der Waals surface area contributed by atoms with E-state index in [0.717, 1.165) is 0 Å². The van der Waals surface area contributed by atoms with Crippen LogP contribution in [0.1, 0.15) is 26.5 Å². The molecule has 0 saturated carbocycles. The second-order valence-electron chi connectivity index (χ2n) is 7.48. The molecule has 2 aromatic rings. The van der Waals surface area contributed by atoms with Crippen LogP contribution >= 0.6 is 11.6 Å². The molecule has 0 spiro atoms. The number of nitriles is 1. The van der Waals surface area contributed by atoms with E-state index in [-0.39, 0.29) is 16.6 Å². The quantitative estimate of drug-likeness (QED) is 0.697. The van der Waals surface area contributed by atoms with Gasteiger partial charge in [-0.05, 0) is 36.3 Å². The topological polar surface area (TPSA) is 99.9 Å². The van der Waals surface area contributed by atoms with Gasteiger partial charge in [0.1, 0.15) is 11.8 Å². The molecule has 1 aromatic heterocycles. The molecular weight excluding hydrogens is 382 g/mol. The first-order chi connectivity index (χ1) is 12.5. The molecule has 9 heteroatoms. The van der Waals surface area contributed by atoms with Gasteiger partial charge in [0.15, 0.2) is 11.5 Å². The van der Waals surface area contributed by atoms with Gasteiger partial charge in [-0.3, -0.25) is 5.32 Å². The average Bonchev–Trinajstić information content (AvgIpc) is 2.57. The molecular formula is C18H22ClN5O2Si. The monoisotopic (exact) mass is 403 g/mol. The average molecular weight is 404 g/mol. The molecule has 2 rings (SSSR count). The molecule has 0 saturated heterocycles. The Hall–Kier alpha value is -2.63. The first-order valence-electron chi connectivity index (χ1n) is 8.30. The molecule has 0 radical (unpaired) electrons. The predicted molar refractivity (Wildman–Crippen MR) is 109 cm³/mol. The molecule has 0 aliphatic heterocycles. The lowest BCUT2D eigenvalue weighted by atomic mass is 10.2. The molecule has 0 fully saturated rings. The molecule has 1 aromatic carbocycles. The SMILES string of the molecule is CC(C)(C)[Si](C)(C)Oc1ccc(Cl)cc1NC(=O)Nc1cnc(C#N)cn1. The zero-order valence-corrected chi connectivity index (χ0v) is 17.7. The summed E-state index contributed by atoms with van der Waals surface area (Å²) in [4.78, 5) is 20.1. The van der Waals surface area contributed by atoms with Crippen LogP contribution in [0.25, 0.3) is 0 Å². The molecule has 0 unspecified atom stereocenters. The van der Waals surface area contributed by atoms with Gasteiger partial charge in [0.25, 0.3) is 8.32 Å². The number of benzene rings is 1. The molecule has 1 heterocycles. The zero-order chi connectivity index (χ0) is 20.2. The van der Waals surface area contributed by atoms with Crippen LogP contribution in [-0.4, -0.2) is 24.3 Å². The van der Waals surface area contributed by atoms with Gasteiger partial charge in [0.2, 0.25) is 0 Å². The van der Waals surface area contributed by atoms with Gasteiger partial charge in [-0.2, -0.15) is 5.26 Å². The first-order valence-corrected chi connectivity index (χ1v) is 11.6. The van der Waals surface area contributed by atoms with Gasteiger partial charge in [-0.1, -0.05) is 32.4 Å². The summed E-state index contributed by atoms with van der Waals surface area (Å²) in [5.41, 5.74) is 0.632. The van der Waals surface area contributed by atoms with Crippen molar-refractivity contribution < 1.29 is 9.22 Å². The first kappa shape index (κ1) is 20.7. The number of amides is 2. The maximum absolute atomic E-state index is 12.3. The summed E-state index contributed by atoms with van der Waals surface area (Å²) in [6.07, 6.45) is 2.59. The van der Waals surface area contributed by atoms with E-state index in [1.807, 2.05) is 6.07 Å². The fourth-order valence-electron chi connectivity index (χ4n) is 1.84. The maximum Gasteiger partial charge on any atom is 0.324 e. The third kappa shape index (κ3) is 5.42. The molecule has 0 aliphatic rings. The zero-order valence-electron chi connectivity index (χ0n) is 15.9. The number of urea groups is 1. The number of hydrogen-bond acceptors (Lipinski definition) is 5. The van der Waals surface area contributed by atoms with Crippen molar-refractivity contribution in [3.8, 4) is 11.8 Å². The van der Waals surface area contributed by atoms with Gasteiger partial charge in [0, 0.05) is 5.02 Å². The highest BCUT2D eigenvalue weighted by atomic mass is 35.5. The number of rotatable bonds is 4. The number of anilines is 2. The number of aromatic nitrogens is 2. The Labute approximate surface area is 164 Å². The van der Waals surface area contributed by atoms with Crippen LogP contribution in [-0.2, 0) is 0 Å². The summed E-state index contributed by atoms with van der Waals surface area (Å²) in [7, 11) is -2.10. The lowest BCUT2D eigenvalue weighted by Crippen LogP contribution is -2.44. The number of nitrogens with one attached hydrogen (secondary N) is 2. The fourth-order valence-corrected chi connectivity index (χ4v) is 3.04. The maximum atomic E-state index is 12.3. The van der Waals surface area contributed by atoms with Crippen LogP contribution in [0.15, 0.2) is 30.6 Å². The summed E-state index contributed by atoms with van der Waals surface area (Å²) in [6.45, 7) is 10.7. The van der Waals surface area contributed by atoms with Crippen molar-refractivity contribution >= 4 is 37.5 Å². The second kappa shape index (κ2) is 7.94. The van der Waals surface area contributed by atoms with E-state index >= 15 is 0 Å². The number of hydrogen-bond donors (Lipinski definition) is 2. The Balaban J connectivity index is 2.18.